The van der Waals surface area contributed by atoms with E-state index >= 15 is 0 Å². The molecule has 0 saturated heterocycles. The van der Waals surface area contributed by atoms with Gasteiger partial charge >= 0.3 is 0 Å². The molecule has 1 aromatic carbocycles. The molecule has 1 aliphatic rings. The number of benzene rings is 1. The normalized spacial score (nSPS) is 20.6. The van der Waals surface area contributed by atoms with Gasteiger partial charge in [-0.15, -0.1) is 0 Å². The average molecular weight is 256 g/mol. The molecular formula is C11H14BrNO. The molecule has 1 unspecified atom stereocenters. The summed E-state index contributed by atoms with van der Waals surface area (Å²) in [6.07, 6.45) is 0. The number of hydrogen-bond donors (Lipinski definition) is 1. The van der Waals surface area contributed by atoms with Gasteiger partial charge in [-0.1, -0.05) is 28.9 Å². The van der Waals surface area contributed by atoms with E-state index in [0.29, 0.717) is 6.04 Å². The highest BCUT2D eigenvalue weighted by Gasteiger charge is 2.19. The van der Waals surface area contributed by atoms with Crippen LogP contribution in [0.1, 0.15) is 24.1 Å². The van der Waals surface area contributed by atoms with E-state index in [0.717, 1.165) is 24.2 Å². The molecule has 0 aliphatic carbocycles. The molecule has 1 aromatic rings. The van der Waals surface area contributed by atoms with Crippen molar-refractivity contribution in [1.29, 1.82) is 0 Å². The van der Waals surface area contributed by atoms with E-state index in [9.17, 15) is 0 Å². The number of nitrogens with one attached hydrogen (secondary N) is 1. The van der Waals surface area contributed by atoms with Gasteiger partial charge in [-0.3, -0.25) is 0 Å². The third-order valence-electron chi connectivity index (χ3n) is 2.47. The van der Waals surface area contributed by atoms with Crippen LogP contribution in [-0.2, 0) is 11.3 Å². The summed E-state index contributed by atoms with van der Waals surface area (Å²) in [5, 5.41) is 3.42. The van der Waals surface area contributed by atoms with Crippen molar-refractivity contribution < 1.29 is 4.74 Å². The van der Waals surface area contributed by atoms with Crippen LogP contribution in [0.2, 0.25) is 0 Å². The molecule has 0 radical (unpaired) electrons. The van der Waals surface area contributed by atoms with Crippen LogP contribution in [0, 0.1) is 0 Å². The van der Waals surface area contributed by atoms with Gasteiger partial charge in [-0.25, -0.2) is 0 Å². The summed E-state index contributed by atoms with van der Waals surface area (Å²) in [4.78, 5) is 0. The summed E-state index contributed by atoms with van der Waals surface area (Å²) >= 11 is 3.47. The van der Waals surface area contributed by atoms with Crippen molar-refractivity contribution in [3.63, 3.8) is 0 Å². The van der Waals surface area contributed by atoms with Gasteiger partial charge in [0.25, 0.3) is 0 Å². The summed E-state index contributed by atoms with van der Waals surface area (Å²) in [5.74, 6) is 0. The van der Waals surface area contributed by atoms with Crippen molar-refractivity contribution >= 4 is 15.9 Å². The number of halogens is 1. The van der Waals surface area contributed by atoms with Gasteiger partial charge in [0.2, 0.25) is 0 Å². The van der Waals surface area contributed by atoms with Crippen molar-refractivity contribution in [2.75, 3.05) is 13.2 Å². The third-order valence-corrected chi connectivity index (χ3v) is 2.97. The summed E-state index contributed by atoms with van der Waals surface area (Å²) in [7, 11) is 0. The molecule has 1 atom stereocenters. The maximum Gasteiger partial charge on any atom is 0.0721 e. The minimum Gasteiger partial charge on any atom is -0.375 e. The predicted molar refractivity (Wildman–Crippen MR) is 60.2 cm³/mol. The van der Waals surface area contributed by atoms with E-state index in [4.69, 9.17) is 4.74 Å². The maximum atomic E-state index is 5.53. The molecule has 0 aromatic heterocycles. The molecule has 1 heterocycles. The quantitative estimate of drug-likeness (QED) is 0.878. The fourth-order valence-electron chi connectivity index (χ4n) is 1.83. The number of ether oxygens (including phenoxy) is 1. The number of hydrogen-bond acceptors (Lipinski definition) is 2. The molecule has 76 valence electrons. The van der Waals surface area contributed by atoms with E-state index in [1.54, 1.807) is 0 Å². The van der Waals surface area contributed by atoms with Crippen molar-refractivity contribution in [1.82, 2.24) is 5.32 Å². The first-order chi connectivity index (χ1) is 6.81. The predicted octanol–water partition coefficient (Wildman–Crippen LogP) is 2.63. The highest BCUT2D eigenvalue weighted by molar-refractivity contribution is 9.10. The van der Waals surface area contributed by atoms with Gasteiger partial charge in [0.15, 0.2) is 0 Å². The minimum absolute atomic E-state index is 0.358. The molecule has 0 amide bonds. The second-order valence-corrected chi connectivity index (χ2v) is 4.38. The summed E-state index contributed by atoms with van der Waals surface area (Å²) in [6.45, 7) is 4.61. The number of likely N-dealkylation sites (N-methyl/N-ethyl adjacent to an activating group) is 1. The Morgan fingerprint density at radius 1 is 1.57 bits per heavy atom. The van der Waals surface area contributed by atoms with Crippen molar-refractivity contribution in [2.24, 2.45) is 0 Å². The van der Waals surface area contributed by atoms with E-state index in [1.807, 2.05) is 0 Å². The maximum absolute atomic E-state index is 5.53. The molecule has 0 fully saturated rings. The molecule has 2 nitrogen and oxygen atoms in total. The minimum atomic E-state index is 0.358. The monoisotopic (exact) mass is 255 g/mol. The molecule has 14 heavy (non-hydrogen) atoms. The first-order valence-corrected chi connectivity index (χ1v) is 5.70. The fourth-order valence-corrected chi connectivity index (χ4v) is 2.24. The highest BCUT2D eigenvalue weighted by atomic mass is 79.9. The zero-order chi connectivity index (χ0) is 9.97. The van der Waals surface area contributed by atoms with Crippen molar-refractivity contribution in [3.05, 3.63) is 33.8 Å². The third kappa shape index (κ3) is 2.00. The van der Waals surface area contributed by atoms with Gasteiger partial charge < -0.3 is 10.1 Å². The zero-order valence-electron chi connectivity index (χ0n) is 8.22. The molecular weight excluding hydrogens is 242 g/mol. The second-order valence-electron chi connectivity index (χ2n) is 3.47. The second kappa shape index (κ2) is 4.43. The van der Waals surface area contributed by atoms with Gasteiger partial charge in [-0.2, -0.15) is 0 Å². The molecule has 0 spiro atoms. The van der Waals surface area contributed by atoms with Crippen LogP contribution >= 0.6 is 15.9 Å². The molecule has 2 rings (SSSR count). The Morgan fingerprint density at radius 2 is 2.43 bits per heavy atom. The van der Waals surface area contributed by atoms with Gasteiger partial charge in [0.05, 0.1) is 19.3 Å². The van der Waals surface area contributed by atoms with Crippen molar-refractivity contribution in [3.8, 4) is 0 Å². The lowest BCUT2D eigenvalue weighted by Gasteiger charge is -2.26. The van der Waals surface area contributed by atoms with Crippen LogP contribution in [0.3, 0.4) is 0 Å². The van der Waals surface area contributed by atoms with E-state index in [1.165, 1.54) is 11.1 Å². The van der Waals surface area contributed by atoms with Crippen LogP contribution in [0.4, 0.5) is 0 Å². The van der Waals surface area contributed by atoms with Crippen LogP contribution < -0.4 is 5.32 Å². The molecule has 0 bridgehead atoms. The van der Waals surface area contributed by atoms with Crippen LogP contribution in [-0.4, -0.2) is 13.2 Å². The Kier molecular flexibility index (Phi) is 3.21. The van der Waals surface area contributed by atoms with Crippen molar-refractivity contribution in [2.45, 2.75) is 19.6 Å². The van der Waals surface area contributed by atoms with Gasteiger partial charge in [0, 0.05) is 4.47 Å². The van der Waals surface area contributed by atoms with Crippen LogP contribution in [0.5, 0.6) is 0 Å². The fraction of sp³-hybridized carbons (Fsp3) is 0.455. The Morgan fingerprint density at radius 3 is 3.21 bits per heavy atom. The largest absolute Gasteiger partial charge is 0.375 e. The Hall–Kier alpha value is -0.380. The number of fused-ring (bicyclic) bond motifs is 1. The van der Waals surface area contributed by atoms with Gasteiger partial charge in [-0.05, 0) is 29.8 Å². The number of rotatable bonds is 2. The SMILES string of the molecule is CCNC1COCc2cc(Br)ccc21. The lowest BCUT2D eigenvalue weighted by Crippen LogP contribution is -2.29. The summed E-state index contributed by atoms with van der Waals surface area (Å²) in [6, 6.07) is 6.76. The lowest BCUT2D eigenvalue weighted by molar-refractivity contribution is 0.0827. The Labute approximate surface area is 92.8 Å². The van der Waals surface area contributed by atoms with Crippen LogP contribution in [0.25, 0.3) is 0 Å². The standard InChI is InChI=1S/C11H14BrNO/c1-2-13-11-7-14-6-8-5-9(12)3-4-10(8)11/h3-5,11,13H,2,6-7H2,1H3. The summed E-state index contributed by atoms with van der Waals surface area (Å²) in [5.41, 5.74) is 2.66. The summed E-state index contributed by atoms with van der Waals surface area (Å²) < 4.78 is 6.65. The molecule has 3 heteroatoms. The first-order valence-electron chi connectivity index (χ1n) is 4.90. The topological polar surface area (TPSA) is 21.3 Å². The highest BCUT2D eigenvalue weighted by Crippen LogP contribution is 2.27. The van der Waals surface area contributed by atoms with E-state index in [2.05, 4.69) is 46.4 Å². The molecule has 1 aliphatic heterocycles. The molecule has 0 saturated carbocycles. The lowest BCUT2D eigenvalue weighted by atomic mass is 9.99. The molecule has 1 N–H and O–H groups in total. The smallest absolute Gasteiger partial charge is 0.0721 e. The van der Waals surface area contributed by atoms with Crippen LogP contribution in [0.15, 0.2) is 22.7 Å². The average Bonchev–Trinajstić information content (AvgIpc) is 2.18. The van der Waals surface area contributed by atoms with E-state index in [-0.39, 0.29) is 0 Å². The Bertz CT molecular complexity index is 327. The van der Waals surface area contributed by atoms with Gasteiger partial charge in [0.1, 0.15) is 0 Å². The zero-order valence-corrected chi connectivity index (χ0v) is 9.80. The van der Waals surface area contributed by atoms with E-state index < -0.39 is 0 Å². The first kappa shape index (κ1) is 10.1. The Balaban J connectivity index is 2.30.